The Morgan fingerprint density at radius 2 is 1.83 bits per heavy atom. The van der Waals surface area contributed by atoms with E-state index in [1.807, 2.05) is 6.92 Å². The first-order valence-electron chi connectivity index (χ1n) is 10.6. The van der Waals surface area contributed by atoms with Crippen LogP contribution >= 0.6 is 0 Å². The van der Waals surface area contributed by atoms with E-state index in [2.05, 4.69) is 6.92 Å². The standard InChI is InChI=1S/C24H29F3O2/c1-3-5-6-18-9-7-17(15-29-18)20-11-10-19(23(26)24(20)27)16-8-12-22(21(25)14-16)28-13-4-2/h8,10-12,14,17-18H,3-7,9,13,15H2,1-2H3. The lowest BCUT2D eigenvalue weighted by Gasteiger charge is -2.29. The first-order valence-corrected chi connectivity index (χ1v) is 10.6. The van der Waals surface area contributed by atoms with Crippen molar-refractivity contribution in [1.29, 1.82) is 0 Å². The second-order valence-electron chi connectivity index (χ2n) is 7.70. The molecule has 0 radical (unpaired) electrons. The van der Waals surface area contributed by atoms with E-state index in [4.69, 9.17) is 9.47 Å². The van der Waals surface area contributed by atoms with Crippen LogP contribution in [0.25, 0.3) is 11.1 Å². The summed E-state index contributed by atoms with van der Waals surface area (Å²) < 4.78 is 55.0. The van der Waals surface area contributed by atoms with Gasteiger partial charge in [0.05, 0.1) is 19.3 Å². The van der Waals surface area contributed by atoms with E-state index in [0.29, 0.717) is 18.8 Å². The van der Waals surface area contributed by atoms with E-state index < -0.39 is 17.5 Å². The number of benzene rings is 2. The molecule has 2 unspecified atom stereocenters. The van der Waals surface area contributed by atoms with Crippen LogP contribution in [0.5, 0.6) is 5.75 Å². The van der Waals surface area contributed by atoms with Gasteiger partial charge < -0.3 is 9.47 Å². The molecule has 5 heteroatoms. The first-order chi connectivity index (χ1) is 14.0. The summed E-state index contributed by atoms with van der Waals surface area (Å²) in [6, 6.07) is 7.32. The molecule has 1 heterocycles. The SMILES string of the molecule is CCCCC1CCC(c2ccc(-c3ccc(OCCC)c(F)c3)c(F)c2F)CO1. The van der Waals surface area contributed by atoms with E-state index in [1.54, 1.807) is 12.1 Å². The van der Waals surface area contributed by atoms with Crippen LogP contribution < -0.4 is 4.74 Å². The molecule has 1 fully saturated rings. The summed E-state index contributed by atoms with van der Waals surface area (Å²) in [7, 11) is 0. The van der Waals surface area contributed by atoms with Crippen molar-refractivity contribution in [1.82, 2.24) is 0 Å². The van der Waals surface area contributed by atoms with E-state index in [1.165, 1.54) is 18.2 Å². The molecule has 0 aromatic heterocycles. The Hall–Kier alpha value is -2.01. The molecule has 158 valence electrons. The molecule has 0 saturated carbocycles. The molecule has 1 saturated heterocycles. The molecule has 0 amide bonds. The van der Waals surface area contributed by atoms with Crippen molar-refractivity contribution in [3.63, 3.8) is 0 Å². The number of halogens is 3. The van der Waals surface area contributed by atoms with Gasteiger partial charge in [-0.3, -0.25) is 0 Å². The van der Waals surface area contributed by atoms with Crippen LogP contribution in [0.2, 0.25) is 0 Å². The molecule has 29 heavy (non-hydrogen) atoms. The summed E-state index contributed by atoms with van der Waals surface area (Å²) in [5, 5.41) is 0. The maximum atomic E-state index is 14.8. The van der Waals surface area contributed by atoms with Crippen molar-refractivity contribution >= 4 is 0 Å². The van der Waals surface area contributed by atoms with Crippen molar-refractivity contribution in [3.05, 3.63) is 53.3 Å². The normalized spacial score (nSPS) is 19.3. The molecule has 2 atom stereocenters. The zero-order valence-electron chi connectivity index (χ0n) is 17.1. The van der Waals surface area contributed by atoms with Crippen LogP contribution in [0.15, 0.2) is 30.3 Å². The van der Waals surface area contributed by atoms with Gasteiger partial charge in [0, 0.05) is 11.5 Å². The Labute approximate surface area is 171 Å². The van der Waals surface area contributed by atoms with Crippen LogP contribution in [0, 0.1) is 17.5 Å². The Balaban J connectivity index is 1.76. The van der Waals surface area contributed by atoms with Gasteiger partial charge in [-0.25, -0.2) is 13.2 Å². The van der Waals surface area contributed by atoms with Gasteiger partial charge in [0.2, 0.25) is 0 Å². The molecule has 0 spiro atoms. The summed E-state index contributed by atoms with van der Waals surface area (Å²) in [5.41, 5.74) is 0.669. The number of rotatable bonds is 8. The topological polar surface area (TPSA) is 18.5 Å². The minimum absolute atomic E-state index is 0.0461. The average molecular weight is 406 g/mol. The van der Waals surface area contributed by atoms with Gasteiger partial charge in [-0.2, -0.15) is 0 Å². The maximum absolute atomic E-state index is 14.8. The fourth-order valence-corrected chi connectivity index (χ4v) is 3.81. The predicted molar refractivity (Wildman–Crippen MR) is 109 cm³/mol. The largest absolute Gasteiger partial charge is 0.491 e. The highest BCUT2D eigenvalue weighted by Crippen LogP contribution is 2.35. The fourth-order valence-electron chi connectivity index (χ4n) is 3.81. The Kier molecular flexibility index (Phi) is 7.59. The number of unbranched alkanes of at least 4 members (excludes halogenated alkanes) is 1. The lowest BCUT2D eigenvalue weighted by atomic mass is 9.88. The van der Waals surface area contributed by atoms with E-state index in [0.717, 1.165) is 38.5 Å². The first kappa shape index (κ1) is 21.7. The van der Waals surface area contributed by atoms with Gasteiger partial charge in [0.25, 0.3) is 0 Å². The summed E-state index contributed by atoms with van der Waals surface area (Å²) in [6.07, 6.45) is 5.87. The van der Waals surface area contributed by atoms with Crippen LogP contribution in [0.1, 0.15) is 63.9 Å². The van der Waals surface area contributed by atoms with E-state index in [-0.39, 0.29) is 28.9 Å². The predicted octanol–water partition coefficient (Wildman–Crippen LogP) is 7.01. The van der Waals surface area contributed by atoms with Gasteiger partial charge in [-0.05, 0) is 48.9 Å². The molecule has 1 aliphatic heterocycles. The van der Waals surface area contributed by atoms with Crippen molar-refractivity contribution in [2.45, 2.75) is 64.4 Å². The molecule has 2 nitrogen and oxygen atoms in total. The van der Waals surface area contributed by atoms with Gasteiger partial charge in [-0.1, -0.05) is 44.9 Å². The van der Waals surface area contributed by atoms with Gasteiger partial charge in [-0.15, -0.1) is 0 Å². The van der Waals surface area contributed by atoms with E-state index >= 15 is 0 Å². The molecule has 0 bridgehead atoms. The third-order valence-corrected chi connectivity index (χ3v) is 5.51. The molecule has 2 aromatic rings. The summed E-state index contributed by atoms with van der Waals surface area (Å²) in [4.78, 5) is 0. The molecule has 0 N–H and O–H groups in total. The smallest absolute Gasteiger partial charge is 0.166 e. The minimum Gasteiger partial charge on any atom is -0.491 e. The van der Waals surface area contributed by atoms with Gasteiger partial charge >= 0.3 is 0 Å². The second kappa shape index (κ2) is 10.1. The zero-order chi connectivity index (χ0) is 20.8. The van der Waals surface area contributed by atoms with Crippen molar-refractivity contribution < 1.29 is 22.6 Å². The monoisotopic (exact) mass is 406 g/mol. The zero-order valence-corrected chi connectivity index (χ0v) is 17.1. The molecule has 2 aromatic carbocycles. The van der Waals surface area contributed by atoms with Crippen molar-refractivity contribution in [2.24, 2.45) is 0 Å². The molecular weight excluding hydrogens is 377 g/mol. The second-order valence-corrected chi connectivity index (χ2v) is 7.70. The fraction of sp³-hybridized carbons (Fsp3) is 0.500. The summed E-state index contributed by atoms with van der Waals surface area (Å²) in [5.74, 6) is -2.44. The lowest BCUT2D eigenvalue weighted by molar-refractivity contribution is -0.00258. The molecule has 0 aliphatic carbocycles. The van der Waals surface area contributed by atoms with Crippen molar-refractivity contribution in [2.75, 3.05) is 13.2 Å². The number of hydrogen-bond acceptors (Lipinski definition) is 2. The Morgan fingerprint density at radius 1 is 1.00 bits per heavy atom. The van der Waals surface area contributed by atoms with Gasteiger partial charge in [0.1, 0.15) is 0 Å². The third-order valence-electron chi connectivity index (χ3n) is 5.51. The Morgan fingerprint density at radius 3 is 2.48 bits per heavy atom. The summed E-state index contributed by atoms with van der Waals surface area (Å²) >= 11 is 0. The highest BCUT2D eigenvalue weighted by Gasteiger charge is 2.27. The summed E-state index contributed by atoms with van der Waals surface area (Å²) in [6.45, 7) is 4.87. The van der Waals surface area contributed by atoms with E-state index in [9.17, 15) is 13.2 Å². The van der Waals surface area contributed by atoms with Crippen LogP contribution in [0.4, 0.5) is 13.2 Å². The molecular formula is C24H29F3O2. The lowest BCUT2D eigenvalue weighted by Crippen LogP contribution is -2.25. The van der Waals surface area contributed by atoms with Gasteiger partial charge in [0.15, 0.2) is 23.2 Å². The maximum Gasteiger partial charge on any atom is 0.166 e. The highest BCUT2D eigenvalue weighted by molar-refractivity contribution is 5.66. The minimum atomic E-state index is -0.947. The Bertz CT molecular complexity index is 814. The van der Waals surface area contributed by atoms with Crippen LogP contribution in [-0.4, -0.2) is 19.3 Å². The third kappa shape index (κ3) is 5.13. The van der Waals surface area contributed by atoms with Crippen molar-refractivity contribution in [3.8, 4) is 16.9 Å². The number of ether oxygens (including phenoxy) is 2. The van der Waals surface area contributed by atoms with Crippen LogP contribution in [0.3, 0.4) is 0 Å². The molecule has 1 aliphatic rings. The van der Waals surface area contributed by atoms with Crippen LogP contribution in [-0.2, 0) is 4.74 Å². The quantitative estimate of drug-likeness (QED) is 0.469. The highest BCUT2D eigenvalue weighted by atomic mass is 19.2. The average Bonchev–Trinajstić information content (AvgIpc) is 2.74. The molecule has 3 rings (SSSR count). The number of hydrogen-bond donors (Lipinski definition) is 0.